The number of hydrogen-bond acceptors (Lipinski definition) is 13. The second-order valence-corrected chi connectivity index (χ2v) is 12.0. The summed E-state index contributed by atoms with van der Waals surface area (Å²) in [6.07, 6.45) is 0. The van der Waals surface area contributed by atoms with E-state index < -0.39 is 80.0 Å². The Bertz CT molecular complexity index is 1240. The zero-order valence-corrected chi connectivity index (χ0v) is 16.9. The van der Waals surface area contributed by atoms with Crippen molar-refractivity contribution in [1.82, 2.24) is 0 Å². The topological polar surface area (TPSA) is 214 Å². The molecule has 0 saturated carbocycles. The van der Waals surface area contributed by atoms with Gasteiger partial charge in [0, 0.05) is 0 Å². The van der Waals surface area contributed by atoms with Crippen molar-refractivity contribution in [3.63, 3.8) is 0 Å². The minimum absolute atomic E-state index is 2.77. The summed E-state index contributed by atoms with van der Waals surface area (Å²) in [6.45, 7) is 0. The van der Waals surface area contributed by atoms with Crippen LogP contribution in [-0.4, -0.2) is 50.5 Å². The normalized spacial score (nSPS) is 14.1. The van der Waals surface area contributed by atoms with Crippen LogP contribution in [0.4, 0.5) is 23.3 Å². The molecule has 0 saturated heterocycles. The predicted molar refractivity (Wildman–Crippen MR) is 75.3 cm³/mol. The van der Waals surface area contributed by atoms with Gasteiger partial charge in [0.05, 0.1) is 0 Å². The molecule has 0 atom stereocenters. The molecule has 0 aliphatic rings. The highest BCUT2D eigenvalue weighted by Crippen LogP contribution is 2.35. The van der Waals surface area contributed by atoms with E-state index in [2.05, 4.69) is 4.74 Å². The third-order valence-electron chi connectivity index (χ3n) is 1.85. The van der Waals surface area contributed by atoms with Crippen LogP contribution in [0.3, 0.4) is 0 Å². The Morgan fingerprint density at radius 2 is 0.552 bits per heavy atom. The fourth-order valence-electron chi connectivity index (χ4n) is 1.10. The first-order valence-electron chi connectivity index (χ1n) is 5.06. The average molecular weight is 562 g/mol. The third-order valence-corrected chi connectivity index (χ3v) is 8.73. The SMILES string of the molecule is O=S(=O)(F)C(OC(=C(S(=O)(=O)F)S(=O)(=O)F)S(=O)(=O)F)=C(S(=O)(=O)F)S(=O)(=O)F. The fourth-order valence-corrected chi connectivity index (χ4v) is 7.17. The molecule has 0 aliphatic carbocycles. The number of halogens is 6. The first-order chi connectivity index (χ1) is 12.2. The lowest BCUT2D eigenvalue weighted by atomic mass is 11.0. The molecule has 0 heterocycles. The molecular formula is C4F6O13S6. The molecule has 0 radical (unpaired) electrons. The molecule has 0 aromatic heterocycles. The molecule has 0 rings (SSSR count). The highest BCUT2D eigenvalue weighted by atomic mass is 32.3. The van der Waals surface area contributed by atoms with Gasteiger partial charge in [-0.1, -0.05) is 23.3 Å². The summed E-state index contributed by atoms with van der Waals surface area (Å²) >= 11 is 0. The maximum atomic E-state index is 13.1. The molecule has 0 aromatic rings. The van der Waals surface area contributed by atoms with Crippen LogP contribution in [-0.2, 0) is 66.1 Å². The predicted octanol–water partition coefficient (Wildman–Crippen LogP) is -0.948. The molecule has 25 heteroatoms. The molecule has 0 bridgehead atoms. The van der Waals surface area contributed by atoms with Crippen LogP contribution in [0.25, 0.3) is 0 Å². The molecule has 0 amide bonds. The van der Waals surface area contributed by atoms with Gasteiger partial charge in [-0.05, 0) is 0 Å². The Morgan fingerprint density at radius 1 is 0.379 bits per heavy atom. The lowest BCUT2D eigenvalue weighted by Gasteiger charge is -2.10. The van der Waals surface area contributed by atoms with Crippen molar-refractivity contribution in [2.75, 3.05) is 0 Å². The number of hydrogen-bond donors (Lipinski definition) is 0. The van der Waals surface area contributed by atoms with Crippen LogP contribution in [0.1, 0.15) is 0 Å². The van der Waals surface area contributed by atoms with E-state index >= 15 is 0 Å². The van der Waals surface area contributed by atoms with E-state index in [-0.39, 0.29) is 0 Å². The molecule has 29 heavy (non-hydrogen) atoms. The van der Waals surface area contributed by atoms with Crippen molar-refractivity contribution in [2.24, 2.45) is 0 Å². The smallest absolute Gasteiger partial charge is 0.368 e. The van der Waals surface area contributed by atoms with Gasteiger partial charge >= 0.3 is 61.3 Å². The van der Waals surface area contributed by atoms with Gasteiger partial charge in [0.15, 0.2) is 0 Å². The highest BCUT2D eigenvalue weighted by molar-refractivity contribution is 8.11. The van der Waals surface area contributed by atoms with Crippen LogP contribution in [0, 0.1) is 0 Å². The lowest BCUT2D eigenvalue weighted by Crippen LogP contribution is -2.20. The first kappa shape index (κ1) is 27.6. The Balaban J connectivity index is 8.12. The Hall–Kier alpha value is -1.44. The molecule has 0 spiro atoms. The van der Waals surface area contributed by atoms with E-state index in [1.807, 2.05) is 0 Å². The first-order valence-corrected chi connectivity index (χ1v) is 13.4. The number of rotatable bonds is 8. The Kier molecular flexibility index (Phi) is 7.29. The van der Waals surface area contributed by atoms with Gasteiger partial charge in [-0.2, -0.15) is 50.5 Å². The van der Waals surface area contributed by atoms with Crippen LogP contribution in [0.5, 0.6) is 0 Å². The summed E-state index contributed by atoms with van der Waals surface area (Å²) in [7, 11) is -44.2. The van der Waals surface area contributed by atoms with Crippen molar-refractivity contribution in [2.45, 2.75) is 0 Å². The van der Waals surface area contributed by atoms with E-state index in [9.17, 15) is 73.8 Å². The Morgan fingerprint density at radius 3 is 0.655 bits per heavy atom. The molecule has 13 nitrogen and oxygen atoms in total. The minimum Gasteiger partial charge on any atom is -0.424 e. The molecular weight excluding hydrogens is 562 g/mol. The van der Waals surface area contributed by atoms with Crippen molar-refractivity contribution < 1.29 is 78.6 Å². The van der Waals surface area contributed by atoms with E-state index in [4.69, 9.17) is 0 Å². The molecule has 0 N–H and O–H groups in total. The average Bonchev–Trinajstić information content (AvgIpc) is 2.26. The maximum absolute atomic E-state index is 13.1. The van der Waals surface area contributed by atoms with Gasteiger partial charge in [-0.15, -0.1) is 0 Å². The van der Waals surface area contributed by atoms with Crippen molar-refractivity contribution >= 4 is 61.3 Å². The summed E-state index contributed by atoms with van der Waals surface area (Å²) in [5.74, 6) is 0. The van der Waals surface area contributed by atoms with Crippen molar-refractivity contribution in [1.29, 1.82) is 0 Å². The maximum Gasteiger partial charge on any atom is 0.368 e. The van der Waals surface area contributed by atoms with E-state index in [0.29, 0.717) is 0 Å². The second kappa shape index (κ2) is 7.67. The zero-order chi connectivity index (χ0) is 24.0. The van der Waals surface area contributed by atoms with Crippen LogP contribution in [0.15, 0.2) is 18.7 Å². The van der Waals surface area contributed by atoms with E-state index in [1.54, 1.807) is 0 Å². The minimum atomic E-state index is -7.39. The monoisotopic (exact) mass is 562 g/mol. The van der Waals surface area contributed by atoms with Gasteiger partial charge in [-0.25, -0.2) is 0 Å². The molecule has 0 aromatic carbocycles. The van der Waals surface area contributed by atoms with Crippen molar-refractivity contribution in [3.8, 4) is 0 Å². The van der Waals surface area contributed by atoms with E-state index in [0.717, 1.165) is 0 Å². The summed E-state index contributed by atoms with van der Waals surface area (Å²) < 4.78 is 200. The summed E-state index contributed by atoms with van der Waals surface area (Å²) in [5, 5.41) is -7.94. The van der Waals surface area contributed by atoms with Crippen LogP contribution < -0.4 is 0 Å². The standard InChI is InChI=1S/C4F6O13S6/c5-24(11,12)1(3(26(7,15)16)27(8,17)18)23-2(25(6,13)14)4(28(9,19)20)29(10,21)22. The largest absolute Gasteiger partial charge is 0.424 e. The highest BCUT2D eigenvalue weighted by Gasteiger charge is 2.48. The molecule has 0 unspecified atom stereocenters. The molecule has 0 fully saturated rings. The Labute approximate surface area is 158 Å². The number of ether oxygens (including phenoxy) is 1. The van der Waals surface area contributed by atoms with Gasteiger partial charge in [0.25, 0.3) is 18.7 Å². The molecule has 0 aliphatic heterocycles. The summed E-state index contributed by atoms with van der Waals surface area (Å²) in [6, 6.07) is 0. The van der Waals surface area contributed by atoms with Crippen LogP contribution in [0.2, 0.25) is 0 Å². The zero-order valence-electron chi connectivity index (χ0n) is 12.0. The quantitative estimate of drug-likeness (QED) is 0.198. The third kappa shape index (κ3) is 7.39. The fraction of sp³-hybridized carbons (Fsp3) is 0. The van der Waals surface area contributed by atoms with Gasteiger partial charge in [0.1, 0.15) is 0 Å². The molecule has 172 valence electrons. The second-order valence-electron chi connectivity index (χ2n) is 3.88. The summed E-state index contributed by atoms with van der Waals surface area (Å²) in [4.78, 5) is 0. The lowest BCUT2D eigenvalue weighted by molar-refractivity contribution is 0.341. The summed E-state index contributed by atoms with van der Waals surface area (Å²) in [5.41, 5.74) is 0. The van der Waals surface area contributed by atoms with Gasteiger partial charge < -0.3 is 4.74 Å². The van der Waals surface area contributed by atoms with Gasteiger partial charge in [-0.3, -0.25) is 0 Å². The van der Waals surface area contributed by atoms with Crippen molar-refractivity contribution in [3.05, 3.63) is 18.7 Å². The van der Waals surface area contributed by atoms with E-state index in [1.165, 1.54) is 0 Å². The van der Waals surface area contributed by atoms with Crippen LogP contribution >= 0.6 is 0 Å². The van der Waals surface area contributed by atoms with Gasteiger partial charge in [0.2, 0.25) is 0 Å².